The van der Waals surface area contributed by atoms with Gasteiger partial charge in [0.15, 0.2) is 5.82 Å². The highest BCUT2D eigenvalue weighted by Crippen LogP contribution is 2.26. The van der Waals surface area contributed by atoms with Crippen LogP contribution < -0.4 is 0 Å². The predicted octanol–water partition coefficient (Wildman–Crippen LogP) is 2.44. The van der Waals surface area contributed by atoms with Gasteiger partial charge in [-0.05, 0) is 24.6 Å². The molecule has 0 unspecified atom stereocenters. The van der Waals surface area contributed by atoms with Crippen LogP contribution in [0, 0.1) is 0 Å². The summed E-state index contributed by atoms with van der Waals surface area (Å²) in [5.74, 6) is 1.84. The van der Waals surface area contributed by atoms with E-state index in [0.29, 0.717) is 11.6 Å². The average molecular weight is 300 g/mol. The number of amidine groups is 1. The number of aromatic nitrogens is 3. The third-order valence-electron chi connectivity index (χ3n) is 3.81. The molecule has 3 heterocycles. The molecule has 2 aliphatic heterocycles. The van der Waals surface area contributed by atoms with Gasteiger partial charge in [0.2, 0.25) is 0 Å². The van der Waals surface area contributed by atoms with Gasteiger partial charge in [0.25, 0.3) is 0 Å². The van der Waals surface area contributed by atoms with E-state index >= 15 is 0 Å². The minimum Gasteiger partial charge on any atom is -0.352 e. The van der Waals surface area contributed by atoms with Crippen LogP contribution in [0.3, 0.4) is 0 Å². The van der Waals surface area contributed by atoms with Crippen molar-refractivity contribution in [1.29, 1.82) is 0 Å². The fraction of sp³-hybridized carbons (Fsp3) is 0.267. The SMILES string of the molecule is Clc1ccc2c(c1)C(N1CC=CCC1)=NCc1nncn1-2. The largest absolute Gasteiger partial charge is 0.352 e. The van der Waals surface area contributed by atoms with Crippen LogP contribution in [0.2, 0.25) is 5.02 Å². The van der Waals surface area contributed by atoms with Crippen molar-refractivity contribution in [3.8, 4) is 5.69 Å². The van der Waals surface area contributed by atoms with Crippen molar-refractivity contribution in [2.75, 3.05) is 13.1 Å². The lowest BCUT2D eigenvalue weighted by molar-refractivity contribution is 0.453. The lowest BCUT2D eigenvalue weighted by Crippen LogP contribution is -2.34. The average Bonchev–Trinajstić information content (AvgIpc) is 2.92. The standard InChI is InChI=1S/C15H14ClN5/c16-11-4-5-13-12(8-11)15(20-6-2-1-3-7-20)17-9-14-19-18-10-21(13)14/h1-2,4-5,8,10H,3,6-7,9H2. The summed E-state index contributed by atoms with van der Waals surface area (Å²) in [6.07, 6.45) is 7.17. The molecule has 6 heteroatoms. The Morgan fingerprint density at radius 3 is 3.00 bits per heavy atom. The van der Waals surface area contributed by atoms with E-state index in [1.165, 1.54) is 0 Å². The van der Waals surface area contributed by atoms with Gasteiger partial charge < -0.3 is 4.90 Å². The van der Waals surface area contributed by atoms with Crippen LogP contribution in [-0.4, -0.2) is 38.6 Å². The molecule has 0 aliphatic carbocycles. The molecule has 2 aromatic rings. The Balaban J connectivity index is 1.88. The monoisotopic (exact) mass is 299 g/mol. The van der Waals surface area contributed by atoms with Gasteiger partial charge in [0, 0.05) is 23.7 Å². The zero-order valence-electron chi connectivity index (χ0n) is 11.4. The highest BCUT2D eigenvalue weighted by Gasteiger charge is 2.22. The molecule has 0 spiro atoms. The van der Waals surface area contributed by atoms with E-state index in [1.54, 1.807) is 6.33 Å². The minimum absolute atomic E-state index is 0.530. The van der Waals surface area contributed by atoms with Gasteiger partial charge in [0.05, 0.1) is 5.69 Å². The molecule has 0 amide bonds. The molecule has 0 saturated carbocycles. The van der Waals surface area contributed by atoms with E-state index in [4.69, 9.17) is 16.6 Å². The highest BCUT2D eigenvalue weighted by molar-refractivity contribution is 6.31. The van der Waals surface area contributed by atoms with Gasteiger partial charge in [-0.1, -0.05) is 23.8 Å². The molecule has 0 radical (unpaired) electrons. The molecular weight excluding hydrogens is 286 g/mol. The molecule has 106 valence electrons. The third-order valence-corrected chi connectivity index (χ3v) is 4.04. The molecule has 0 bridgehead atoms. The summed E-state index contributed by atoms with van der Waals surface area (Å²) >= 11 is 6.21. The molecule has 2 aliphatic rings. The van der Waals surface area contributed by atoms with Gasteiger partial charge in [-0.15, -0.1) is 10.2 Å². The van der Waals surface area contributed by atoms with E-state index < -0.39 is 0 Å². The summed E-state index contributed by atoms with van der Waals surface area (Å²) in [6.45, 7) is 2.38. The maximum atomic E-state index is 6.21. The van der Waals surface area contributed by atoms with Crippen LogP contribution in [0.15, 0.2) is 41.7 Å². The van der Waals surface area contributed by atoms with E-state index in [9.17, 15) is 0 Å². The Hall–Kier alpha value is -2.14. The first-order valence-corrected chi connectivity index (χ1v) is 7.34. The topological polar surface area (TPSA) is 46.3 Å². The summed E-state index contributed by atoms with van der Waals surface area (Å²) in [4.78, 5) is 7.06. The number of benzene rings is 1. The third kappa shape index (κ3) is 2.14. The lowest BCUT2D eigenvalue weighted by atomic mass is 10.1. The van der Waals surface area contributed by atoms with Crippen molar-refractivity contribution in [3.05, 3.63) is 53.1 Å². The second kappa shape index (κ2) is 5.00. The van der Waals surface area contributed by atoms with E-state index in [2.05, 4.69) is 27.2 Å². The van der Waals surface area contributed by atoms with Crippen LogP contribution in [0.1, 0.15) is 17.8 Å². The van der Waals surface area contributed by atoms with E-state index in [1.807, 2.05) is 22.8 Å². The van der Waals surface area contributed by atoms with Crippen LogP contribution in [0.4, 0.5) is 0 Å². The van der Waals surface area contributed by atoms with Crippen molar-refractivity contribution in [2.45, 2.75) is 13.0 Å². The Morgan fingerprint density at radius 2 is 2.14 bits per heavy atom. The van der Waals surface area contributed by atoms with E-state index in [-0.39, 0.29) is 0 Å². The molecule has 1 aromatic heterocycles. The van der Waals surface area contributed by atoms with Crippen LogP contribution in [0.25, 0.3) is 5.69 Å². The zero-order valence-corrected chi connectivity index (χ0v) is 12.2. The maximum Gasteiger partial charge on any atom is 0.159 e. The summed E-state index contributed by atoms with van der Waals surface area (Å²) in [5, 5.41) is 8.86. The Labute approximate surface area is 127 Å². The molecule has 21 heavy (non-hydrogen) atoms. The number of nitrogens with zero attached hydrogens (tertiary/aromatic N) is 5. The number of hydrogen-bond donors (Lipinski definition) is 0. The second-order valence-electron chi connectivity index (χ2n) is 5.12. The Morgan fingerprint density at radius 1 is 1.19 bits per heavy atom. The van der Waals surface area contributed by atoms with Gasteiger partial charge in [-0.2, -0.15) is 0 Å². The Kier molecular flexibility index (Phi) is 3.00. The molecule has 0 atom stereocenters. The van der Waals surface area contributed by atoms with Crippen LogP contribution >= 0.6 is 11.6 Å². The number of hydrogen-bond acceptors (Lipinski definition) is 4. The molecule has 5 nitrogen and oxygen atoms in total. The number of fused-ring (bicyclic) bond motifs is 3. The fourth-order valence-corrected chi connectivity index (χ4v) is 2.97. The van der Waals surface area contributed by atoms with Gasteiger partial charge in [-0.3, -0.25) is 9.56 Å². The molecule has 0 fully saturated rings. The van der Waals surface area contributed by atoms with Crippen molar-refractivity contribution >= 4 is 17.4 Å². The second-order valence-corrected chi connectivity index (χ2v) is 5.56. The van der Waals surface area contributed by atoms with Crippen LogP contribution in [-0.2, 0) is 6.54 Å². The van der Waals surface area contributed by atoms with Crippen molar-refractivity contribution in [2.24, 2.45) is 4.99 Å². The number of halogens is 1. The summed E-state index contributed by atoms with van der Waals surface area (Å²) in [6, 6.07) is 5.87. The molecular formula is C15H14ClN5. The Bertz CT molecular complexity index is 746. The first-order valence-electron chi connectivity index (χ1n) is 6.96. The van der Waals surface area contributed by atoms with Gasteiger partial charge in [-0.25, -0.2) is 0 Å². The van der Waals surface area contributed by atoms with Gasteiger partial charge in [0.1, 0.15) is 18.7 Å². The van der Waals surface area contributed by atoms with E-state index in [0.717, 1.165) is 42.4 Å². The van der Waals surface area contributed by atoms with Gasteiger partial charge >= 0.3 is 0 Å². The van der Waals surface area contributed by atoms with Crippen molar-refractivity contribution in [3.63, 3.8) is 0 Å². The van der Waals surface area contributed by atoms with Crippen molar-refractivity contribution < 1.29 is 0 Å². The maximum absolute atomic E-state index is 6.21. The molecule has 0 saturated heterocycles. The minimum atomic E-state index is 0.530. The normalized spacial score (nSPS) is 17.0. The first-order chi connectivity index (χ1) is 10.3. The quantitative estimate of drug-likeness (QED) is 0.702. The molecule has 4 rings (SSSR count). The number of aliphatic imine (C=N–C) groups is 1. The smallest absolute Gasteiger partial charge is 0.159 e. The van der Waals surface area contributed by atoms with Crippen molar-refractivity contribution in [1.82, 2.24) is 19.7 Å². The predicted molar refractivity (Wildman–Crippen MR) is 81.9 cm³/mol. The fourth-order valence-electron chi connectivity index (χ4n) is 2.80. The number of rotatable bonds is 0. The zero-order chi connectivity index (χ0) is 14.2. The molecule has 0 N–H and O–H groups in total. The summed E-state index contributed by atoms with van der Waals surface area (Å²) in [5.41, 5.74) is 2.07. The first kappa shape index (κ1) is 12.6. The summed E-state index contributed by atoms with van der Waals surface area (Å²) in [7, 11) is 0. The lowest BCUT2D eigenvalue weighted by Gasteiger charge is -2.27. The van der Waals surface area contributed by atoms with Crippen LogP contribution in [0.5, 0.6) is 0 Å². The highest BCUT2D eigenvalue weighted by atomic mass is 35.5. The summed E-state index contributed by atoms with van der Waals surface area (Å²) < 4.78 is 1.99. The molecule has 1 aromatic carbocycles.